The number of hydrogen-bond donors (Lipinski definition) is 1. The fourth-order valence-corrected chi connectivity index (χ4v) is 2.65. The van der Waals surface area contributed by atoms with Crippen molar-refractivity contribution in [2.45, 2.75) is 33.1 Å². The normalized spacial score (nSPS) is 27.0. The molecule has 0 aromatic heterocycles. The first-order chi connectivity index (χ1) is 10.2. The summed E-state index contributed by atoms with van der Waals surface area (Å²) in [6.45, 7) is 4.29. The van der Waals surface area contributed by atoms with E-state index >= 15 is 0 Å². The third kappa shape index (κ3) is 4.85. The first kappa shape index (κ1) is 15.5. The molecule has 1 N–H and O–H groups in total. The lowest BCUT2D eigenvalue weighted by Gasteiger charge is -2.30. The van der Waals surface area contributed by atoms with Gasteiger partial charge in [0.2, 0.25) is 0 Å². The van der Waals surface area contributed by atoms with Gasteiger partial charge in [-0.05, 0) is 32.9 Å². The minimum atomic E-state index is 0.192. The monoisotopic (exact) mass is 284 g/mol. The van der Waals surface area contributed by atoms with Crippen molar-refractivity contribution >= 4 is 11.6 Å². The molecule has 2 aliphatic rings. The van der Waals surface area contributed by atoms with E-state index in [1.807, 2.05) is 31.4 Å². The summed E-state index contributed by atoms with van der Waals surface area (Å²) in [4.78, 5) is 15.6. The molecule has 0 bridgehead atoms. The highest BCUT2D eigenvalue weighted by atomic mass is 16.1. The van der Waals surface area contributed by atoms with Crippen molar-refractivity contribution in [3.63, 3.8) is 0 Å². The van der Waals surface area contributed by atoms with Crippen LogP contribution in [0.15, 0.2) is 53.2 Å². The van der Waals surface area contributed by atoms with Crippen molar-refractivity contribution in [2.75, 3.05) is 6.54 Å². The van der Waals surface area contributed by atoms with E-state index < -0.39 is 0 Å². The Bertz CT molecular complexity index is 523. The number of carbonyl (C=O) groups is 1. The number of rotatable bonds is 5. The number of carbonyl (C=O) groups excluding carboxylic acids is 1. The Kier molecular flexibility index (Phi) is 5.73. The number of ketones is 1. The molecule has 0 spiro atoms. The fraction of sp³-hybridized carbons (Fsp3) is 0.444. The Balaban J connectivity index is 1.89. The zero-order chi connectivity index (χ0) is 15.1. The maximum absolute atomic E-state index is 10.9. The SMILES string of the molecule is CC(=O)C/C=C(C)\C=C/CN=C1NC=CC2C=CCCC12. The topological polar surface area (TPSA) is 41.5 Å². The van der Waals surface area contributed by atoms with Crippen molar-refractivity contribution in [2.24, 2.45) is 16.8 Å². The van der Waals surface area contributed by atoms with Gasteiger partial charge in [-0.2, -0.15) is 0 Å². The average Bonchev–Trinajstić information content (AvgIpc) is 2.49. The minimum absolute atomic E-state index is 0.192. The first-order valence-electron chi connectivity index (χ1n) is 7.64. The van der Waals surface area contributed by atoms with Gasteiger partial charge in [-0.25, -0.2) is 0 Å². The van der Waals surface area contributed by atoms with Crippen molar-refractivity contribution in [3.8, 4) is 0 Å². The van der Waals surface area contributed by atoms with E-state index in [2.05, 4.69) is 28.5 Å². The van der Waals surface area contributed by atoms with Crippen LogP contribution in [0.3, 0.4) is 0 Å². The summed E-state index contributed by atoms with van der Waals surface area (Å²) in [5.74, 6) is 2.29. The number of allylic oxidation sites excluding steroid dienone is 6. The molecule has 1 aliphatic carbocycles. The maximum Gasteiger partial charge on any atom is 0.133 e. The molecule has 1 heterocycles. The lowest BCUT2D eigenvalue weighted by Crippen LogP contribution is -2.36. The largest absolute Gasteiger partial charge is 0.350 e. The second kappa shape index (κ2) is 7.77. The summed E-state index contributed by atoms with van der Waals surface area (Å²) < 4.78 is 0. The van der Waals surface area contributed by atoms with Gasteiger partial charge < -0.3 is 5.32 Å². The van der Waals surface area contributed by atoms with Crippen LogP contribution in [0.25, 0.3) is 0 Å². The Morgan fingerprint density at radius 2 is 2.29 bits per heavy atom. The van der Waals surface area contributed by atoms with Gasteiger partial charge >= 0.3 is 0 Å². The molecule has 0 aromatic rings. The molecule has 21 heavy (non-hydrogen) atoms. The fourth-order valence-electron chi connectivity index (χ4n) is 2.65. The van der Waals surface area contributed by atoms with E-state index in [1.54, 1.807) is 6.92 Å². The van der Waals surface area contributed by atoms with Gasteiger partial charge in [0.1, 0.15) is 11.6 Å². The molecule has 3 nitrogen and oxygen atoms in total. The van der Waals surface area contributed by atoms with Crippen LogP contribution in [0.4, 0.5) is 0 Å². The van der Waals surface area contributed by atoms with Gasteiger partial charge in [0.15, 0.2) is 0 Å². The maximum atomic E-state index is 10.9. The Labute approximate surface area is 127 Å². The predicted octanol–water partition coefficient (Wildman–Crippen LogP) is 3.57. The Morgan fingerprint density at radius 1 is 1.43 bits per heavy atom. The third-order valence-corrected chi connectivity index (χ3v) is 3.83. The van der Waals surface area contributed by atoms with Crippen molar-refractivity contribution in [3.05, 3.63) is 48.2 Å². The van der Waals surface area contributed by atoms with Crippen LogP contribution in [0.2, 0.25) is 0 Å². The molecular weight excluding hydrogens is 260 g/mol. The molecule has 0 saturated carbocycles. The summed E-state index contributed by atoms with van der Waals surface area (Å²) in [6.07, 6.45) is 17.6. The highest BCUT2D eigenvalue weighted by Crippen LogP contribution is 2.28. The quantitative estimate of drug-likeness (QED) is 0.619. The number of nitrogens with one attached hydrogen (secondary N) is 1. The van der Waals surface area contributed by atoms with Gasteiger partial charge in [0.25, 0.3) is 0 Å². The highest BCUT2D eigenvalue weighted by molar-refractivity contribution is 5.87. The van der Waals surface area contributed by atoms with E-state index in [1.165, 1.54) is 6.42 Å². The van der Waals surface area contributed by atoms with Crippen LogP contribution in [0, 0.1) is 11.8 Å². The number of hydrogen-bond acceptors (Lipinski definition) is 2. The van der Waals surface area contributed by atoms with Gasteiger partial charge in [-0.15, -0.1) is 0 Å². The summed E-state index contributed by atoms with van der Waals surface area (Å²) in [5.41, 5.74) is 1.11. The lowest BCUT2D eigenvalue weighted by molar-refractivity contribution is -0.116. The molecular formula is C18H24N2O. The van der Waals surface area contributed by atoms with Gasteiger partial charge in [-0.1, -0.05) is 42.0 Å². The van der Waals surface area contributed by atoms with E-state index in [0.29, 0.717) is 24.8 Å². The number of aliphatic imine (C=N–C) groups is 1. The summed E-state index contributed by atoms with van der Waals surface area (Å²) in [5, 5.41) is 3.29. The summed E-state index contributed by atoms with van der Waals surface area (Å²) >= 11 is 0. The molecule has 0 saturated heterocycles. The van der Waals surface area contributed by atoms with Gasteiger partial charge in [-0.3, -0.25) is 9.79 Å². The van der Waals surface area contributed by atoms with Crippen molar-refractivity contribution < 1.29 is 4.79 Å². The number of nitrogens with zero attached hydrogens (tertiary/aromatic N) is 1. The molecule has 0 radical (unpaired) electrons. The van der Waals surface area contributed by atoms with Crippen LogP contribution in [-0.4, -0.2) is 18.2 Å². The molecule has 0 aromatic carbocycles. The summed E-state index contributed by atoms with van der Waals surface area (Å²) in [6, 6.07) is 0. The van der Waals surface area contributed by atoms with Crippen LogP contribution in [0.5, 0.6) is 0 Å². The predicted molar refractivity (Wildman–Crippen MR) is 88.1 cm³/mol. The van der Waals surface area contributed by atoms with Gasteiger partial charge in [0.05, 0.1) is 6.54 Å². The smallest absolute Gasteiger partial charge is 0.133 e. The second-order valence-corrected chi connectivity index (χ2v) is 5.68. The number of Topliss-reactive ketones (excluding diaryl/α,β-unsaturated/α-hetero) is 1. The van der Waals surface area contributed by atoms with Crippen molar-refractivity contribution in [1.29, 1.82) is 0 Å². The van der Waals surface area contributed by atoms with E-state index in [-0.39, 0.29) is 5.78 Å². The van der Waals surface area contributed by atoms with Crippen LogP contribution in [0.1, 0.15) is 33.1 Å². The molecule has 2 unspecified atom stereocenters. The Hall–Kier alpha value is -1.90. The number of fused-ring (bicyclic) bond motifs is 1. The van der Waals surface area contributed by atoms with Crippen LogP contribution < -0.4 is 5.32 Å². The van der Waals surface area contributed by atoms with E-state index in [4.69, 9.17) is 0 Å². The molecule has 0 fully saturated rings. The van der Waals surface area contributed by atoms with Crippen molar-refractivity contribution in [1.82, 2.24) is 5.32 Å². The highest BCUT2D eigenvalue weighted by Gasteiger charge is 2.26. The Morgan fingerprint density at radius 3 is 3.10 bits per heavy atom. The molecule has 3 heteroatoms. The van der Waals surface area contributed by atoms with Crippen LogP contribution in [-0.2, 0) is 4.79 Å². The van der Waals surface area contributed by atoms with E-state index in [9.17, 15) is 4.79 Å². The molecule has 0 amide bonds. The lowest BCUT2D eigenvalue weighted by atomic mass is 9.81. The van der Waals surface area contributed by atoms with Gasteiger partial charge in [0, 0.05) is 18.3 Å². The zero-order valence-corrected chi connectivity index (χ0v) is 12.9. The standard InChI is InChI=1S/C18H24N2O/c1-14(9-10-15(2)21)6-5-12-19-18-17-8-4-3-7-16(17)11-13-20-18/h3,5-7,9,11,13,16-17H,4,8,10,12H2,1-2H3,(H,19,20)/b6-5-,14-9-. The summed E-state index contributed by atoms with van der Waals surface area (Å²) in [7, 11) is 0. The molecule has 112 valence electrons. The third-order valence-electron chi connectivity index (χ3n) is 3.83. The minimum Gasteiger partial charge on any atom is -0.350 e. The first-order valence-corrected chi connectivity index (χ1v) is 7.64. The van der Waals surface area contributed by atoms with E-state index in [0.717, 1.165) is 17.8 Å². The molecule has 2 atom stereocenters. The average molecular weight is 284 g/mol. The zero-order valence-electron chi connectivity index (χ0n) is 12.9. The molecule has 1 aliphatic heterocycles. The molecule has 2 rings (SSSR count). The second-order valence-electron chi connectivity index (χ2n) is 5.68. The van der Waals surface area contributed by atoms with Crippen LogP contribution >= 0.6 is 0 Å². The number of amidine groups is 1.